The number of amidine groups is 2. The number of benzene rings is 6. The molecule has 0 atom stereocenters. The summed E-state index contributed by atoms with van der Waals surface area (Å²) in [5, 5.41) is 8.46. The topological polar surface area (TPSA) is 55.1 Å². The predicted molar refractivity (Wildman–Crippen MR) is 277 cm³/mol. The zero-order valence-electron chi connectivity index (χ0n) is 37.2. The van der Waals surface area contributed by atoms with E-state index in [4.69, 9.17) is 5.41 Å². The van der Waals surface area contributed by atoms with Gasteiger partial charge in [0.2, 0.25) is 0 Å². The number of fused-ring (bicyclic) bond motifs is 3. The van der Waals surface area contributed by atoms with Gasteiger partial charge in [-0.15, -0.1) is 0 Å². The highest BCUT2D eigenvalue weighted by atomic mass is 15.2. The van der Waals surface area contributed by atoms with Gasteiger partial charge in [-0.1, -0.05) is 181 Å². The van der Waals surface area contributed by atoms with Crippen LogP contribution in [0.1, 0.15) is 60.1 Å². The third-order valence-electron chi connectivity index (χ3n) is 10.8. The number of nitrogens with zero attached hydrogens (tertiary/aromatic N) is 4. The fourth-order valence-electron chi connectivity index (χ4n) is 7.79. The molecule has 0 saturated carbocycles. The molecule has 316 valence electrons. The van der Waals surface area contributed by atoms with E-state index in [-0.39, 0.29) is 5.84 Å². The maximum atomic E-state index is 8.46. The molecule has 5 nitrogen and oxygen atoms in total. The van der Waals surface area contributed by atoms with Crippen LogP contribution in [0, 0.1) is 19.3 Å². The molecule has 0 saturated heterocycles. The smallest absolute Gasteiger partial charge is 0.161 e. The van der Waals surface area contributed by atoms with Crippen molar-refractivity contribution in [3.8, 4) is 0 Å². The molecule has 0 aromatic heterocycles. The predicted octanol–water partition coefficient (Wildman–Crippen LogP) is 15.9. The lowest BCUT2D eigenvalue weighted by molar-refractivity contribution is 1.03. The van der Waals surface area contributed by atoms with Crippen LogP contribution in [-0.2, 0) is 0 Å². The molecule has 0 amide bonds. The van der Waals surface area contributed by atoms with Gasteiger partial charge in [-0.3, -0.25) is 5.41 Å². The zero-order chi connectivity index (χ0) is 44.8. The minimum absolute atomic E-state index is 0.193. The Bertz CT molecular complexity index is 2870. The van der Waals surface area contributed by atoms with E-state index in [1.165, 1.54) is 39.3 Å². The van der Waals surface area contributed by atoms with Gasteiger partial charge in [-0.05, 0) is 118 Å². The van der Waals surface area contributed by atoms with Gasteiger partial charge in [0.05, 0.1) is 17.1 Å². The van der Waals surface area contributed by atoms with Crippen LogP contribution < -0.4 is 9.80 Å². The van der Waals surface area contributed by atoms with Crippen LogP contribution in [-0.4, -0.2) is 18.4 Å². The highest BCUT2D eigenvalue weighted by Gasteiger charge is 2.23. The van der Waals surface area contributed by atoms with Crippen LogP contribution in [0.25, 0.3) is 18.2 Å². The van der Waals surface area contributed by atoms with Crippen molar-refractivity contribution in [2.45, 2.75) is 40.5 Å². The molecule has 0 radical (unpaired) electrons. The molecule has 3 aliphatic rings. The molecular formula is C59H55N5. The molecule has 0 fully saturated rings. The normalized spacial score (nSPS) is 14.9. The summed E-state index contributed by atoms with van der Waals surface area (Å²) in [6, 6.07) is 52.4. The van der Waals surface area contributed by atoms with Crippen molar-refractivity contribution >= 4 is 65.1 Å². The Labute approximate surface area is 379 Å². The van der Waals surface area contributed by atoms with E-state index in [1.54, 1.807) is 0 Å². The maximum Gasteiger partial charge on any atom is 0.161 e. The number of rotatable bonds is 5. The quantitative estimate of drug-likeness (QED) is 0.139. The van der Waals surface area contributed by atoms with Crippen molar-refractivity contribution < 1.29 is 0 Å². The number of aryl methyl sites for hydroxylation is 2. The molecule has 1 aliphatic carbocycles. The summed E-state index contributed by atoms with van der Waals surface area (Å²) in [6.45, 7) is 16.1. The Hall–Kier alpha value is -7.89. The van der Waals surface area contributed by atoms with Crippen molar-refractivity contribution in [1.82, 2.24) is 0 Å². The summed E-state index contributed by atoms with van der Waals surface area (Å²) < 4.78 is 0. The van der Waals surface area contributed by atoms with Gasteiger partial charge in [-0.25, -0.2) is 9.98 Å². The van der Waals surface area contributed by atoms with Gasteiger partial charge < -0.3 is 9.80 Å². The fourth-order valence-corrected chi connectivity index (χ4v) is 7.79. The molecule has 1 N–H and O–H groups in total. The lowest BCUT2D eigenvalue weighted by Gasteiger charge is -2.29. The van der Waals surface area contributed by atoms with Crippen LogP contribution in [0.15, 0.2) is 227 Å². The fraction of sp³-hybridized carbons (Fsp3) is 0.102. The van der Waals surface area contributed by atoms with E-state index in [9.17, 15) is 0 Å². The van der Waals surface area contributed by atoms with Crippen molar-refractivity contribution in [2.24, 2.45) is 9.98 Å². The van der Waals surface area contributed by atoms with Crippen LogP contribution in [0.4, 0.5) is 28.4 Å². The molecule has 0 unspecified atom stereocenters. The minimum atomic E-state index is 0.193. The van der Waals surface area contributed by atoms with Crippen LogP contribution in [0.2, 0.25) is 0 Å². The average molecular weight is 834 g/mol. The highest BCUT2D eigenvalue weighted by molar-refractivity contribution is 6.12. The number of hydrogen-bond donors (Lipinski definition) is 1. The van der Waals surface area contributed by atoms with E-state index in [2.05, 4.69) is 205 Å². The van der Waals surface area contributed by atoms with Gasteiger partial charge in [0.15, 0.2) is 11.7 Å². The number of allylic oxidation sites excluding steroid dienone is 6. The molecule has 5 heteroatoms. The third kappa shape index (κ3) is 10.8. The first kappa shape index (κ1) is 44.2. The molecule has 0 bridgehead atoms. The second-order valence-corrected chi connectivity index (χ2v) is 15.8. The maximum absolute atomic E-state index is 8.46. The minimum Gasteiger partial charge on any atom is -0.310 e. The number of para-hydroxylation sites is 3. The number of aliphatic imine (C=N–C) groups is 2. The summed E-state index contributed by atoms with van der Waals surface area (Å²) in [7, 11) is 0. The van der Waals surface area contributed by atoms with Gasteiger partial charge in [0, 0.05) is 28.2 Å². The van der Waals surface area contributed by atoms with Gasteiger partial charge >= 0.3 is 0 Å². The summed E-state index contributed by atoms with van der Waals surface area (Å²) >= 11 is 0. The first-order valence-electron chi connectivity index (χ1n) is 21.7. The standard InChI is InChI=1S/C31H30N4.C21H17N.C7H8/c1-5-28-25(20-22(2)3)19-18-23-12-9-10-17-29(23)35(28)27-16-11-15-26(21-27)31(33-4)34-30(32)24-13-7-6-8-14-24;1-16-11-14-21-18(15-16)13-12-17-7-5-6-10-20(17)22(21)19-8-3-2-4-9-19;1-7-5-3-2-4-6-7/h5,7,9-21,32H,2,4,6,8H2,1,3H3;2-15H,1H3;2-6H,1H3/b25-20-,28-5+,32-30?,34-31?;;. The molecule has 6 aromatic rings. The lowest BCUT2D eigenvalue weighted by Crippen LogP contribution is -2.18. The largest absolute Gasteiger partial charge is 0.310 e. The Morgan fingerprint density at radius 3 is 1.84 bits per heavy atom. The Balaban J connectivity index is 0.000000177. The van der Waals surface area contributed by atoms with E-state index in [1.807, 2.05) is 62.4 Å². The zero-order valence-corrected chi connectivity index (χ0v) is 37.2. The lowest BCUT2D eigenvalue weighted by atomic mass is 10.1. The third-order valence-corrected chi connectivity index (χ3v) is 10.8. The molecular weight excluding hydrogens is 779 g/mol. The monoisotopic (exact) mass is 833 g/mol. The first-order valence-corrected chi connectivity index (χ1v) is 21.7. The second-order valence-electron chi connectivity index (χ2n) is 15.8. The van der Waals surface area contributed by atoms with Crippen LogP contribution in [0.5, 0.6) is 0 Å². The molecule has 64 heavy (non-hydrogen) atoms. The highest BCUT2D eigenvalue weighted by Crippen LogP contribution is 2.42. The average Bonchev–Trinajstić information content (AvgIpc) is 3.59. The van der Waals surface area contributed by atoms with Crippen molar-refractivity contribution in [3.63, 3.8) is 0 Å². The number of nitrogens with one attached hydrogen (secondary N) is 1. The van der Waals surface area contributed by atoms with E-state index >= 15 is 0 Å². The van der Waals surface area contributed by atoms with E-state index in [0.29, 0.717) is 5.84 Å². The van der Waals surface area contributed by atoms with Crippen molar-refractivity contribution in [3.05, 3.63) is 250 Å². The molecule has 2 aliphatic heterocycles. The molecule has 6 aromatic carbocycles. The van der Waals surface area contributed by atoms with Gasteiger partial charge in [0.25, 0.3) is 0 Å². The van der Waals surface area contributed by atoms with Crippen molar-refractivity contribution in [2.75, 3.05) is 9.80 Å². The van der Waals surface area contributed by atoms with Gasteiger partial charge in [0.1, 0.15) is 0 Å². The molecule has 0 spiro atoms. The van der Waals surface area contributed by atoms with Crippen LogP contribution >= 0.6 is 0 Å². The summed E-state index contributed by atoms with van der Waals surface area (Å²) in [4.78, 5) is 13.3. The summed E-state index contributed by atoms with van der Waals surface area (Å²) in [6.07, 6.45) is 20.9. The van der Waals surface area contributed by atoms with Crippen molar-refractivity contribution in [1.29, 1.82) is 5.41 Å². The van der Waals surface area contributed by atoms with Gasteiger partial charge in [-0.2, -0.15) is 0 Å². The second kappa shape index (κ2) is 21.3. The Kier molecular flexibility index (Phi) is 14.7. The SMILES string of the molecule is C=NC(=NC(=N)C1=CCCC=C1)c1cccc(N2C(=C/C)/C(=C\C(=C)C)C=Cc3ccccc32)c1.Cc1ccc2c(c1)C=Cc1ccccc1N2c1ccccc1.Cc1ccccc1. The molecule has 2 heterocycles. The first-order chi connectivity index (χ1) is 31.2. The Morgan fingerprint density at radius 1 is 0.609 bits per heavy atom. The van der Waals surface area contributed by atoms with E-state index < -0.39 is 0 Å². The molecule has 9 rings (SSSR count). The Morgan fingerprint density at radius 2 is 1.22 bits per heavy atom. The number of hydrogen-bond acceptors (Lipinski definition) is 3. The summed E-state index contributed by atoms with van der Waals surface area (Å²) in [5.41, 5.74) is 16.6. The summed E-state index contributed by atoms with van der Waals surface area (Å²) in [5.74, 6) is 0.622. The van der Waals surface area contributed by atoms with Crippen LogP contribution in [0.3, 0.4) is 0 Å². The van der Waals surface area contributed by atoms with E-state index in [0.717, 1.165) is 57.8 Å². The number of anilines is 5.